The first-order valence-corrected chi connectivity index (χ1v) is 11.2. The average Bonchev–Trinajstić information content (AvgIpc) is 3.37. The van der Waals surface area contributed by atoms with E-state index in [4.69, 9.17) is 15.2 Å². The number of hydrogen-bond acceptors (Lipinski definition) is 8. The third kappa shape index (κ3) is 4.42. The maximum absolute atomic E-state index is 6.18. The monoisotopic (exact) mass is 457 g/mol. The molecule has 0 atom stereocenters. The van der Waals surface area contributed by atoms with Crippen LogP contribution in [-0.2, 0) is 19.4 Å². The van der Waals surface area contributed by atoms with Crippen molar-refractivity contribution in [2.75, 3.05) is 33.0 Å². The van der Waals surface area contributed by atoms with Crippen molar-refractivity contribution in [1.29, 1.82) is 0 Å². The summed E-state index contributed by atoms with van der Waals surface area (Å²) in [6, 6.07) is 13.8. The van der Waals surface area contributed by atoms with Gasteiger partial charge >= 0.3 is 0 Å². The molecule has 2 N–H and O–H groups in total. The highest BCUT2D eigenvalue weighted by Crippen LogP contribution is 2.35. The van der Waals surface area contributed by atoms with Crippen molar-refractivity contribution in [2.24, 2.45) is 0 Å². The van der Waals surface area contributed by atoms with Crippen LogP contribution in [0.4, 0.5) is 5.69 Å². The lowest BCUT2D eigenvalue weighted by atomic mass is 10.0. The van der Waals surface area contributed by atoms with E-state index in [1.165, 1.54) is 21.5 Å². The Hall–Kier alpha value is -3.98. The number of nitrogens with zero attached hydrogens (tertiary/aromatic N) is 6. The summed E-state index contributed by atoms with van der Waals surface area (Å²) in [5.41, 5.74) is 12.2. The maximum Gasteiger partial charge on any atom is 0.207 e. The summed E-state index contributed by atoms with van der Waals surface area (Å²) in [4.78, 5) is 8.24. The zero-order chi connectivity index (χ0) is 23.5. The molecule has 9 nitrogen and oxygen atoms in total. The van der Waals surface area contributed by atoms with Crippen molar-refractivity contribution in [3.63, 3.8) is 0 Å². The first kappa shape index (κ1) is 21.8. The first-order chi connectivity index (χ1) is 16.6. The summed E-state index contributed by atoms with van der Waals surface area (Å²) in [5, 5.41) is 12.9. The van der Waals surface area contributed by atoms with Gasteiger partial charge in [-0.2, -0.15) is 0 Å². The lowest BCUT2D eigenvalue weighted by Gasteiger charge is -2.28. The topological polar surface area (TPSA) is 104 Å². The Morgan fingerprint density at radius 1 is 1.00 bits per heavy atom. The van der Waals surface area contributed by atoms with E-state index in [1.807, 2.05) is 24.5 Å². The molecular formula is C25H27N7O2. The predicted octanol–water partition coefficient (Wildman–Crippen LogP) is 2.92. The van der Waals surface area contributed by atoms with Crippen LogP contribution in [0.5, 0.6) is 11.5 Å². The van der Waals surface area contributed by atoms with Gasteiger partial charge in [0, 0.05) is 49.3 Å². The van der Waals surface area contributed by atoms with E-state index in [1.54, 1.807) is 26.4 Å². The number of fused-ring (bicyclic) bond motifs is 1. The normalized spacial score (nSPS) is 13.5. The van der Waals surface area contributed by atoms with Crippen LogP contribution in [0, 0.1) is 0 Å². The highest BCUT2D eigenvalue weighted by Gasteiger charge is 2.17. The maximum atomic E-state index is 6.18. The molecule has 0 saturated heterocycles. The number of pyridine rings is 1. The summed E-state index contributed by atoms with van der Waals surface area (Å²) in [5.74, 6) is 1.53. The second-order valence-corrected chi connectivity index (χ2v) is 8.28. The molecule has 1 aliphatic rings. The van der Waals surface area contributed by atoms with E-state index in [0.717, 1.165) is 38.2 Å². The van der Waals surface area contributed by atoms with Crippen molar-refractivity contribution < 1.29 is 9.47 Å². The lowest BCUT2D eigenvalue weighted by Crippen LogP contribution is -2.32. The van der Waals surface area contributed by atoms with Gasteiger partial charge in [0.05, 0.1) is 19.9 Å². The van der Waals surface area contributed by atoms with Crippen LogP contribution in [0.15, 0.2) is 54.9 Å². The van der Waals surface area contributed by atoms with Crippen LogP contribution >= 0.6 is 0 Å². The summed E-state index contributed by atoms with van der Waals surface area (Å²) < 4.78 is 10.7. The Labute approximate surface area is 198 Å². The highest BCUT2D eigenvalue weighted by molar-refractivity contribution is 5.75. The number of aromatic nitrogens is 5. The van der Waals surface area contributed by atoms with Crippen molar-refractivity contribution in [1.82, 2.24) is 30.1 Å². The Morgan fingerprint density at radius 2 is 1.79 bits per heavy atom. The van der Waals surface area contributed by atoms with Gasteiger partial charge in [0.2, 0.25) is 5.82 Å². The molecule has 0 saturated carbocycles. The molecule has 2 aromatic heterocycles. The minimum Gasteiger partial charge on any atom is -0.493 e. The predicted molar refractivity (Wildman–Crippen MR) is 129 cm³/mol. The third-order valence-corrected chi connectivity index (χ3v) is 6.19. The fourth-order valence-electron chi connectivity index (χ4n) is 4.23. The minimum absolute atomic E-state index is 0.420. The van der Waals surface area contributed by atoms with E-state index in [0.29, 0.717) is 28.6 Å². The van der Waals surface area contributed by atoms with Crippen LogP contribution in [0.2, 0.25) is 0 Å². The van der Waals surface area contributed by atoms with E-state index in [-0.39, 0.29) is 0 Å². The molecule has 4 aromatic rings. The van der Waals surface area contributed by atoms with Crippen molar-refractivity contribution in [3.8, 4) is 28.6 Å². The molecule has 0 aliphatic carbocycles. The molecule has 0 fully saturated rings. The third-order valence-electron chi connectivity index (χ3n) is 6.19. The number of nitrogen functional groups attached to an aromatic ring is 1. The van der Waals surface area contributed by atoms with E-state index in [2.05, 4.69) is 43.5 Å². The van der Waals surface area contributed by atoms with Gasteiger partial charge < -0.3 is 15.2 Å². The number of nitrogens with two attached hydrogens (primary N) is 1. The molecule has 0 amide bonds. The number of ether oxygens (including phenoxy) is 2. The molecule has 0 bridgehead atoms. The Morgan fingerprint density at radius 3 is 2.59 bits per heavy atom. The molecule has 0 radical (unpaired) electrons. The van der Waals surface area contributed by atoms with Gasteiger partial charge in [0.15, 0.2) is 11.5 Å². The largest absolute Gasteiger partial charge is 0.493 e. The average molecular weight is 458 g/mol. The van der Waals surface area contributed by atoms with Gasteiger partial charge in [-0.15, -0.1) is 15.0 Å². The number of hydrogen-bond donors (Lipinski definition) is 1. The summed E-state index contributed by atoms with van der Waals surface area (Å²) in [7, 11) is 3.14. The zero-order valence-electron chi connectivity index (χ0n) is 19.3. The van der Waals surface area contributed by atoms with Gasteiger partial charge in [-0.3, -0.25) is 9.88 Å². The zero-order valence-corrected chi connectivity index (χ0v) is 19.3. The standard InChI is InChI=1S/C25H27N7O2/c1-33-23-13-21(22(26)14-24(23)34-2)25-28-30-32(29-25)20-5-3-17(4-6-20)8-11-31-12-9-18-15-27-10-7-19(18)16-31/h3-7,10,13-15H,8-9,11-12,16,26H2,1-2H3. The van der Waals surface area contributed by atoms with Crippen molar-refractivity contribution >= 4 is 5.69 Å². The van der Waals surface area contributed by atoms with Crippen LogP contribution < -0.4 is 15.2 Å². The Kier molecular flexibility index (Phi) is 6.09. The van der Waals surface area contributed by atoms with Crippen LogP contribution in [-0.4, -0.2) is 57.4 Å². The number of methoxy groups -OCH3 is 2. The molecule has 0 unspecified atom stereocenters. The molecule has 9 heteroatoms. The number of anilines is 1. The molecular weight excluding hydrogens is 430 g/mol. The summed E-state index contributed by atoms with van der Waals surface area (Å²) in [6.07, 6.45) is 5.92. The van der Waals surface area contributed by atoms with Gasteiger partial charge in [-0.25, -0.2) is 0 Å². The van der Waals surface area contributed by atoms with Crippen molar-refractivity contribution in [3.05, 3.63) is 71.5 Å². The number of benzene rings is 2. The van der Waals surface area contributed by atoms with Crippen LogP contribution in [0.3, 0.4) is 0 Å². The SMILES string of the molecule is COc1cc(N)c(-c2nnn(-c3ccc(CCN4CCc5cnccc5C4)cc3)n2)cc1OC. The number of rotatable bonds is 7. The highest BCUT2D eigenvalue weighted by atomic mass is 16.5. The quantitative estimate of drug-likeness (QED) is 0.423. The molecule has 1 aliphatic heterocycles. The van der Waals surface area contributed by atoms with Gasteiger partial charge in [-0.1, -0.05) is 12.1 Å². The smallest absolute Gasteiger partial charge is 0.207 e. The van der Waals surface area contributed by atoms with Gasteiger partial charge in [-0.05, 0) is 59.0 Å². The second kappa shape index (κ2) is 9.48. The molecule has 3 heterocycles. The molecule has 174 valence electrons. The summed E-state index contributed by atoms with van der Waals surface area (Å²) in [6.45, 7) is 3.08. The second-order valence-electron chi connectivity index (χ2n) is 8.28. The van der Waals surface area contributed by atoms with E-state index in [9.17, 15) is 0 Å². The molecule has 34 heavy (non-hydrogen) atoms. The van der Waals surface area contributed by atoms with Crippen molar-refractivity contribution in [2.45, 2.75) is 19.4 Å². The van der Waals surface area contributed by atoms with E-state index < -0.39 is 0 Å². The molecule has 0 spiro atoms. The van der Waals surface area contributed by atoms with Crippen LogP contribution in [0.1, 0.15) is 16.7 Å². The Balaban J connectivity index is 1.25. The Bertz CT molecular complexity index is 1290. The minimum atomic E-state index is 0.420. The van der Waals surface area contributed by atoms with Crippen LogP contribution in [0.25, 0.3) is 17.1 Å². The first-order valence-electron chi connectivity index (χ1n) is 11.2. The summed E-state index contributed by atoms with van der Waals surface area (Å²) >= 11 is 0. The molecule has 2 aromatic carbocycles. The van der Waals surface area contributed by atoms with Gasteiger partial charge in [0.25, 0.3) is 0 Å². The fraction of sp³-hybridized carbons (Fsp3) is 0.280. The van der Waals surface area contributed by atoms with Gasteiger partial charge in [0.1, 0.15) is 0 Å². The number of tetrazole rings is 1. The fourth-order valence-corrected chi connectivity index (χ4v) is 4.23. The molecule has 5 rings (SSSR count). The lowest BCUT2D eigenvalue weighted by molar-refractivity contribution is 0.257. The van der Waals surface area contributed by atoms with E-state index >= 15 is 0 Å².